The summed E-state index contributed by atoms with van der Waals surface area (Å²) in [6.45, 7) is 3.39. The number of rotatable bonds is 6. The normalized spacial score (nSPS) is 11.6. The van der Waals surface area contributed by atoms with E-state index in [9.17, 15) is 9.59 Å². The summed E-state index contributed by atoms with van der Waals surface area (Å²) in [6, 6.07) is -1.12. The summed E-state index contributed by atoms with van der Waals surface area (Å²) >= 11 is 0. The molecule has 0 aliphatic carbocycles. The van der Waals surface area contributed by atoms with Crippen LogP contribution in [-0.2, 0) is 23.0 Å². The van der Waals surface area contributed by atoms with Crippen LogP contribution in [0.5, 0.6) is 0 Å². The van der Waals surface area contributed by atoms with Crippen molar-refractivity contribution in [2.75, 3.05) is 6.61 Å². The molecule has 1 aromatic rings. The molecule has 0 radical (unpaired) electrons. The number of aliphatic carboxylic acids is 1. The lowest BCUT2D eigenvalue weighted by Gasteiger charge is -2.13. The van der Waals surface area contributed by atoms with E-state index in [2.05, 4.69) is 26.7 Å². The highest BCUT2D eigenvalue weighted by molar-refractivity contribution is 5.80. The number of aromatic nitrogens is 3. The van der Waals surface area contributed by atoms with Crippen LogP contribution in [0.2, 0.25) is 0 Å². The lowest BCUT2D eigenvalue weighted by molar-refractivity contribution is -0.139. The molecule has 2 N–H and O–H groups in total. The number of ether oxygens (including phenoxy) is 1. The molecule has 0 aliphatic rings. The molecular formula is C10H14N4O4. The first-order valence-electron chi connectivity index (χ1n) is 5.14. The Hall–Kier alpha value is -2.38. The molecule has 8 nitrogen and oxygen atoms in total. The maximum Gasteiger partial charge on any atom is 0.408 e. The van der Waals surface area contributed by atoms with E-state index in [1.807, 2.05) is 0 Å². The first-order valence-corrected chi connectivity index (χ1v) is 5.14. The second-order valence-corrected chi connectivity index (χ2v) is 3.43. The first kappa shape index (κ1) is 13.7. The van der Waals surface area contributed by atoms with Crippen LogP contribution in [-0.4, -0.2) is 44.6 Å². The van der Waals surface area contributed by atoms with E-state index in [0.717, 1.165) is 0 Å². The van der Waals surface area contributed by atoms with Gasteiger partial charge in [-0.15, -0.1) is 0 Å². The third-order valence-electron chi connectivity index (χ3n) is 2.11. The van der Waals surface area contributed by atoms with Gasteiger partial charge in [-0.05, 0) is 0 Å². The second-order valence-electron chi connectivity index (χ2n) is 3.43. The number of nitrogens with zero attached hydrogens (tertiary/aromatic N) is 3. The van der Waals surface area contributed by atoms with E-state index in [-0.39, 0.29) is 13.0 Å². The number of nitrogens with one attached hydrogen (secondary N) is 1. The van der Waals surface area contributed by atoms with Crippen molar-refractivity contribution in [2.24, 2.45) is 7.05 Å². The molecule has 0 spiro atoms. The molecule has 98 valence electrons. The Balaban J connectivity index is 2.61. The van der Waals surface area contributed by atoms with E-state index < -0.39 is 18.1 Å². The standard InChI is InChI=1S/C10H14N4O4/c1-3-4-18-10(17)13-7(9(15)16)5-8-11-6-12-14(8)2/h3,6-7H,1,4-5H2,2H3,(H,13,17)(H,15,16). The van der Waals surface area contributed by atoms with Crippen molar-refractivity contribution >= 4 is 12.1 Å². The molecule has 0 bridgehead atoms. The molecule has 1 amide bonds. The number of amides is 1. The molecular weight excluding hydrogens is 240 g/mol. The van der Waals surface area contributed by atoms with E-state index in [1.54, 1.807) is 7.05 Å². The van der Waals surface area contributed by atoms with Gasteiger partial charge in [0.05, 0.1) is 0 Å². The van der Waals surface area contributed by atoms with E-state index >= 15 is 0 Å². The molecule has 0 fully saturated rings. The zero-order valence-corrected chi connectivity index (χ0v) is 9.87. The van der Waals surface area contributed by atoms with Crippen LogP contribution in [0, 0.1) is 0 Å². The predicted molar refractivity (Wildman–Crippen MR) is 60.8 cm³/mol. The lowest BCUT2D eigenvalue weighted by Crippen LogP contribution is -2.43. The average molecular weight is 254 g/mol. The number of alkyl carbamates (subject to hydrolysis) is 1. The van der Waals surface area contributed by atoms with Gasteiger partial charge >= 0.3 is 12.1 Å². The van der Waals surface area contributed by atoms with Crippen LogP contribution in [0.3, 0.4) is 0 Å². The molecule has 1 atom stereocenters. The molecule has 1 unspecified atom stereocenters. The molecule has 0 saturated carbocycles. The molecule has 0 saturated heterocycles. The maximum atomic E-state index is 11.2. The van der Waals surface area contributed by atoms with Gasteiger partial charge in [-0.25, -0.2) is 14.6 Å². The number of carbonyl (C=O) groups is 2. The zero-order chi connectivity index (χ0) is 13.5. The quantitative estimate of drug-likeness (QED) is 0.676. The summed E-state index contributed by atoms with van der Waals surface area (Å²) in [5.41, 5.74) is 0. The summed E-state index contributed by atoms with van der Waals surface area (Å²) in [4.78, 5) is 26.1. The third kappa shape index (κ3) is 3.89. The minimum atomic E-state index is -1.17. The van der Waals surface area contributed by atoms with Crippen molar-refractivity contribution in [3.8, 4) is 0 Å². The van der Waals surface area contributed by atoms with Crippen LogP contribution >= 0.6 is 0 Å². The lowest BCUT2D eigenvalue weighted by atomic mass is 10.2. The monoisotopic (exact) mass is 254 g/mol. The zero-order valence-electron chi connectivity index (χ0n) is 9.87. The minimum absolute atomic E-state index is 0.0160. The Bertz CT molecular complexity index is 443. The van der Waals surface area contributed by atoms with E-state index in [0.29, 0.717) is 5.82 Å². The van der Waals surface area contributed by atoms with Crippen LogP contribution in [0.1, 0.15) is 5.82 Å². The molecule has 8 heteroatoms. The highest BCUT2D eigenvalue weighted by atomic mass is 16.5. The van der Waals surface area contributed by atoms with E-state index in [4.69, 9.17) is 5.11 Å². The van der Waals surface area contributed by atoms with Crippen LogP contribution in [0.15, 0.2) is 19.0 Å². The fourth-order valence-electron chi connectivity index (χ4n) is 1.21. The number of hydrogen-bond donors (Lipinski definition) is 2. The summed E-state index contributed by atoms with van der Waals surface area (Å²) in [5, 5.41) is 15.0. The fourth-order valence-corrected chi connectivity index (χ4v) is 1.21. The van der Waals surface area contributed by atoms with E-state index in [1.165, 1.54) is 17.1 Å². The van der Waals surface area contributed by atoms with Crippen molar-refractivity contribution in [2.45, 2.75) is 12.5 Å². The van der Waals surface area contributed by atoms with Gasteiger partial charge in [0.2, 0.25) is 0 Å². The maximum absolute atomic E-state index is 11.2. The number of carbonyl (C=O) groups excluding carboxylic acids is 1. The first-order chi connectivity index (χ1) is 8.54. The van der Waals surface area contributed by atoms with Gasteiger partial charge < -0.3 is 15.2 Å². The Morgan fingerprint density at radius 2 is 2.44 bits per heavy atom. The molecule has 0 aromatic carbocycles. The number of carboxylic acids is 1. The topological polar surface area (TPSA) is 106 Å². The van der Waals surface area contributed by atoms with Crippen molar-refractivity contribution in [1.82, 2.24) is 20.1 Å². The largest absolute Gasteiger partial charge is 0.480 e. The molecule has 18 heavy (non-hydrogen) atoms. The van der Waals surface area contributed by atoms with Crippen LogP contribution in [0.4, 0.5) is 4.79 Å². The Labute approximate surface area is 103 Å². The molecule has 0 aliphatic heterocycles. The van der Waals surface area contributed by atoms with Gasteiger partial charge in [-0.1, -0.05) is 12.7 Å². The molecule has 1 rings (SSSR count). The van der Waals surface area contributed by atoms with Crippen LogP contribution in [0.25, 0.3) is 0 Å². The van der Waals surface area contributed by atoms with Crippen molar-refractivity contribution in [3.05, 3.63) is 24.8 Å². The smallest absolute Gasteiger partial charge is 0.408 e. The summed E-state index contributed by atoms with van der Waals surface area (Å²) in [5.74, 6) is -0.722. The fraction of sp³-hybridized carbons (Fsp3) is 0.400. The number of aryl methyl sites for hydroxylation is 1. The van der Waals surface area contributed by atoms with Gasteiger partial charge in [0.15, 0.2) is 0 Å². The van der Waals surface area contributed by atoms with Gasteiger partial charge in [-0.3, -0.25) is 4.68 Å². The second kappa shape index (κ2) is 6.38. The Morgan fingerprint density at radius 1 is 1.72 bits per heavy atom. The van der Waals surface area contributed by atoms with Crippen molar-refractivity contribution in [3.63, 3.8) is 0 Å². The summed E-state index contributed by atoms with van der Waals surface area (Å²) in [6.07, 6.45) is 1.90. The molecule has 1 heterocycles. The molecule has 1 aromatic heterocycles. The van der Waals surface area contributed by atoms with Gasteiger partial charge in [0, 0.05) is 13.5 Å². The van der Waals surface area contributed by atoms with Crippen molar-refractivity contribution < 1.29 is 19.4 Å². The summed E-state index contributed by atoms with van der Waals surface area (Å²) in [7, 11) is 1.64. The number of hydrogen-bond acceptors (Lipinski definition) is 5. The Morgan fingerprint density at radius 3 is 2.94 bits per heavy atom. The van der Waals surface area contributed by atoms with Crippen LogP contribution < -0.4 is 5.32 Å². The minimum Gasteiger partial charge on any atom is -0.480 e. The Kier molecular flexibility index (Phi) is 4.85. The highest BCUT2D eigenvalue weighted by Gasteiger charge is 2.22. The van der Waals surface area contributed by atoms with Gasteiger partial charge in [0.1, 0.15) is 24.8 Å². The predicted octanol–water partition coefficient (Wildman–Crippen LogP) is -0.277. The van der Waals surface area contributed by atoms with Gasteiger partial charge in [0.25, 0.3) is 0 Å². The number of carboxylic acid groups (broad SMARTS) is 1. The van der Waals surface area contributed by atoms with Crippen molar-refractivity contribution in [1.29, 1.82) is 0 Å². The SMILES string of the molecule is C=CCOC(=O)NC(Cc1ncnn1C)C(=O)O. The van der Waals surface area contributed by atoms with Gasteiger partial charge in [-0.2, -0.15) is 5.10 Å². The summed E-state index contributed by atoms with van der Waals surface area (Å²) < 4.78 is 6.08. The third-order valence-corrected chi connectivity index (χ3v) is 2.11. The average Bonchev–Trinajstić information content (AvgIpc) is 2.71. The highest BCUT2D eigenvalue weighted by Crippen LogP contribution is 1.99.